The maximum absolute atomic E-state index is 12.5. The molecule has 0 amide bonds. The summed E-state index contributed by atoms with van der Waals surface area (Å²) < 4.78 is 65.0. The molecular weight excluding hydrogens is 295 g/mol. The van der Waals surface area contributed by atoms with Crippen molar-refractivity contribution in [1.82, 2.24) is 0 Å². The van der Waals surface area contributed by atoms with E-state index < -0.39 is 27.7 Å². The Bertz CT molecular complexity index is 376. The van der Waals surface area contributed by atoms with E-state index in [2.05, 4.69) is 0 Å². The normalized spacial score (nSPS) is 15.3. The largest absolute Gasteiger partial charge is 0.414 e. The molecule has 0 aliphatic carbocycles. The number of primary sulfonamides is 1. The van der Waals surface area contributed by atoms with Crippen LogP contribution in [-0.4, -0.2) is 33.1 Å². The van der Waals surface area contributed by atoms with E-state index in [0.717, 1.165) is 6.92 Å². The van der Waals surface area contributed by atoms with Gasteiger partial charge in [0.15, 0.2) is 6.10 Å². The smallest absolute Gasteiger partial charge is 0.368 e. The number of hydrogen-bond donors (Lipinski definition) is 1. The molecule has 0 saturated heterocycles. The minimum Gasteiger partial charge on any atom is -0.368 e. The summed E-state index contributed by atoms with van der Waals surface area (Å²) in [6, 6.07) is 0. The van der Waals surface area contributed by atoms with Gasteiger partial charge in [0.25, 0.3) is 0 Å². The summed E-state index contributed by atoms with van der Waals surface area (Å²) >= 11 is 0. The lowest BCUT2D eigenvalue weighted by molar-refractivity contribution is -0.221. The summed E-state index contributed by atoms with van der Waals surface area (Å²) in [5, 5.41) is 5.07. The second-order valence-corrected chi connectivity index (χ2v) is 6.92. The van der Waals surface area contributed by atoms with E-state index >= 15 is 0 Å². The van der Waals surface area contributed by atoms with Gasteiger partial charge in [-0.25, -0.2) is 13.6 Å². The first kappa shape index (κ1) is 19.7. The molecule has 1 unspecified atom stereocenters. The molecule has 4 nitrogen and oxygen atoms in total. The Labute approximate surface area is 118 Å². The van der Waals surface area contributed by atoms with Gasteiger partial charge < -0.3 is 4.74 Å². The van der Waals surface area contributed by atoms with Gasteiger partial charge in [-0.3, -0.25) is 0 Å². The molecule has 0 aromatic rings. The van der Waals surface area contributed by atoms with Gasteiger partial charge in [0.05, 0.1) is 12.4 Å². The van der Waals surface area contributed by atoms with Crippen LogP contribution in [-0.2, 0) is 14.8 Å². The van der Waals surface area contributed by atoms with Crippen molar-refractivity contribution < 1.29 is 26.3 Å². The molecule has 8 heteroatoms. The van der Waals surface area contributed by atoms with E-state index in [0.29, 0.717) is 25.7 Å². The Morgan fingerprint density at radius 2 is 1.60 bits per heavy atom. The predicted molar refractivity (Wildman–Crippen MR) is 71.7 cm³/mol. The highest BCUT2D eigenvalue weighted by Crippen LogP contribution is 2.33. The van der Waals surface area contributed by atoms with Gasteiger partial charge in [-0.1, -0.05) is 26.7 Å². The van der Waals surface area contributed by atoms with E-state index in [9.17, 15) is 21.6 Å². The number of hydrogen-bond acceptors (Lipinski definition) is 3. The highest BCUT2D eigenvalue weighted by molar-refractivity contribution is 7.89. The molecule has 0 radical (unpaired) electrons. The number of ether oxygens (including phenoxy) is 1. The third kappa shape index (κ3) is 7.44. The van der Waals surface area contributed by atoms with Gasteiger partial charge in [-0.2, -0.15) is 13.2 Å². The van der Waals surface area contributed by atoms with Crippen LogP contribution in [0, 0.1) is 5.41 Å². The molecule has 0 aliphatic heterocycles. The summed E-state index contributed by atoms with van der Waals surface area (Å²) in [4.78, 5) is 0. The van der Waals surface area contributed by atoms with Crippen molar-refractivity contribution in [1.29, 1.82) is 0 Å². The standard InChI is InChI=1S/C12H24F3NO3S/c1-4-6-11(7-5-2,9-20(16,17)18)8-19-10(3)12(13,14)15/h10H,4-9H2,1-3H3,(H2,16,17,18). The van der Waals surface area contributed by atoms with Gasteiger partial charge in [0.1, 0.15) is 0 Å². The molecule has 0 bridgehead atoms. The van der Waals surface area contributed by atoms with E-state index in [4.69, 9.17) is 9.88 Å². The Balaban J connectivity index is 5.00. The predicted octanol–water partition coefficient (Wildman–Crippen LogP) is 2.83. The van der Waals surface area contributed by atoms with Crippen LogP contribution in [0.3, 0.4) is 0 Å². The summed E-state index contributed by atoms with van der Waals surface area (Å²) in [6.45, 7) is 4.35. The van der Waals surface area contributed by atoms with E-state index in [1.54, 1.807) is 0 Å². The summed E-state index contributed by atoms with van der Waals surface area (Å²) in [7, 11) is -3.77. The first-order chi connectivity index (χ1) is 8.96. The monoisotopic (exact) mass is 319 g/mol. The van der Waals surface area contributed by atoms with Crippen molar-refractivity contribution in [2.75, 3.05) is 12.4 Å². The fraction of sp³-hybridized carbons (Fsp3) is 1.00. The fourth-order valence-corrected chi connectivity index (χ4v) is 3.56. The van der Waals surface area contributed by atoms with Crippen LogP contribution >= 0.6 is 0 Å². The van der Waals surface area contributed by atoms with Crippen molar-refractivity contribution >= 4 is 10.0 Å². The number of halogens is 3. The highest BCUT2D eigenvalue weighted by atomic mass is 32.2. The molecule has 0 rings (SSSR count). The average molecular weight is 319 g/mol. The minimum absolute atomic E-state index is 0.258. The molecule has 0 aliphatic rings. The van der Waals surface area contributed by atoms with Crippen LogP contribution in [0.4, 0.5) is 13.2 Å². The van der Waals surface area contributed by atoms with Gasteiger partial charge in [-0.15, -0.1) is 0 Å². The summed E-state index contributed by atoms with van der Waals surface area (Å²) in [5.41, 5.74) is -0.851. The van der Waals surface area contributed by atoms with Crippen LogP contribution in [0.1, 0.15) is 46.5 Å². The number of rotatable bonds is 9. The SMILES string of the molecule is CCCC(CCC)(COC(C)C(F)(F)F)CS(N)(=O)=O. The molecule has 0 aromatic carbocycles. The number of alkyl halides is 3. The zero-order chi connectivity index (χ0) is 16.0. The van der Waals surface area contributed by atoms with Crippen molar-refractivity contribution in [2.24, 2.45) is 10.6 Å². The minimum atomic E-state index is -4.45. The first-order valence-electron chi connectivity index (χ1n) is 6.64. The Morgan fingerprint density at radius 3 is 1.90 bits per heavy atom. The van der Waals surface area contributed by atoms with Crippen LogP contribution < -0.4 is 5.14 Å². The van der Waals surface area contributed by atoms with E-state index in [1.165, 1.54) is 0 Å². The Hall–Kier alpha value is -0.340. The fourth-order valence-electron chi connectivity index (χ4n) is 2.34. The lowest BCUT2D eigenvalue weighted by atomic mass is 9.82. The van der Waals surface area contributed by atoms with Crippen LogP contribution in [0.25, 0.3) is 0 Å². The maximum atomic E-state index is 12.5. The van der Waals surface area contributed by atoms with Crippen molar-refractivity contribution in [3.63, 3.8) is 0 Å². The zero-order valence-corrected chi connectivity index (χ0v) is 13.0. The molecule has 0 aromatic heterocycles. The summed E-state index contributed by atoms with van der Waals surface area (Å²) in [5.74, 6) is -0.355. The quantitative estimate of drug-likeness (QED) is 0.710. The van der Waals surface area contributed by atoms with E-state index in [-0.39, 0.29) is 12.4 Å². The lowest BCUT2D eigenvalue weighted by Crippen LogP contribution is -2.40. The zero-order valence-electron chi connectivity index (χ0n) is 12.2. The van der Waals surface area contributed by atoms with Gasteiger partial charge in [-0.05, 0) is 19.8 Å². The van der Waals surface area contributed by atoms with Crippen molar-refractivity contribution in [3.8, 4) is 0 Å². The highest BCUT2D eigenvalue weighted by Gasteiger charge is 2.40. The van der Waals surface area contributed by atoms with Crippen molar-refractivity contribution in [3.05, 3.63) is 0 Å². The number of nitrogens with two attached hydrogens (primary N) is 1. The van der Waals surface area contributed by atoms with E-state index in [1.807, 2.05) is 13.8 Å². The molecule has 1 atom stereocenters. The Kier molecular flexibility index (Phi) is 7.48. The van der Waals surface area contributed by atoms with Crippen LogP contribution in [0.5, 0.6) is 0 Å². The first-order valence-corrected chi connectivity index (χ1v) is 8.36. The second-order valence-electron chi connectivity index (χ2n) is 5.30. The molecule has 0 spiro atoms. The third-order valence-electron chi connectivity index (χ3n) is 3.17. The second kappa shape index (κ2) is 7.61. The molecule has 0 heterocycles. The Morgan fingerprint density at radius 1 is 1.15 bits per heavy atom. The average Bonchev–Trinajstić information content (AvgIpc) is 2.23. The summed E-state index contributed by atoms with van der Waals surface area (Å²) in [6.07, 6.45) is -4.15. The molecule has 122 valence electrons. The lowest BCUT2D eigenvalue weighted by Gasteiger charge is -2.33. The maximum Gasteiger partial charge on any atom is 0.414 e. The molecule has 0 fully saturated rings. The third-order valence-corrected chi connectivity index (χ3v) is 4.18. The van der Waals surface area contributed by atoms with Crippen LogP contribution in [0.2, 0.25) is 0 Å². The molecule has 2 N–H and O–H groups in total. The van der Waals surface area contributed by atoms with Gasteiger partial charge in [0, 0.05) is 5.41 Å². The van der Waals surface area contributed by atoms with Gasteiger partial charge in [0.2, 0.25) is 10.0 Å². The molecular formula is C12H24F3NO3S. The van der Waals surface area contributed by atoms with Crippen molar-refractivity contribution in [2.45, 2.75) is 58.7 Å². The molecule has 20 heavy (non-hydrogen) atoms. The van der Waals surface area contributed by atoms with Gasteiger partial charge >= 0.3 is 6.18 Å². The van der Waals surface area contributed by atoms with Crippen LogP contribution in [0.15, 0.2) is 0 Å². The topological polar surface area (TPSA) is 69.4 Å². The molecule has 0 saturated carbocycles. The number of sulfonamides is 1.